The van der Waals surface area contributed by atoms with Crippen molar-refractivity contribution in [2.45, 2.75) is 104 Å². The highest BCUT2D eigenvalue weighted by Gasteiger charge is 2.38. The van der Waals surface area contributed by atoms with Gasteiger partial charge in [-0.3, -0.25) is 53.4 Å². The number of primary amides is 1. The number of nitrogens with zero attached hydrogens (tertiary/aromatic N) is 2. The average molecular weight is 1390 g/mol. The lowest BCUT2D eigenvalue weighted by Gasteiger charge is -2.30. The number of hydrogen-bond donors (Lipinski definition) is 2. The van der Waals surface area contributed by atoms with Crippen LogP contribution in [0.1, 0.15) is 102 Å². The maximum Gasteiger partial charge on any atom is 0.514 e. The summed E-state index contributed by atoms with van der Waals surface area (Å²) in [4.78, 5) is 158. The lowest BCUT2D eigenvalue weighted by molar-refractivity contribution is -0.870. The van der Waals surface area contributed by atoms with E-state index >= 15 is 0 Å². The van der Waals surface area contributed by atoms with Crippen LogP contribution in [0.2, 0.25) is 0 Å². The van der Waals surface area contributed by atoms with Crippen LogP contribution in [0.5, 0.6) is 5.75 Å². The highest BCUT2D eigenvalue weighted by atomic mass is 18.0. The molecule has 0 aliphatic carbocycles. The highest BCUT2D eigenvalue weighted by Crippen LogP contribution is 2.29. The summed E-state index contributed by atoms with van der Waals surface area (Å²) >= 11 is 0. The van der Waals surface area contributed by atoms with E-state index in [1.165, 1.54) is 12.1 Å². The number of hydrogen-bond acceptors (Lipinski definition) is 41. The maximum atomic E-state index is 14.0. The van der Waals surface area contributed by atoms with Crippen LogP contribution in [0.4, 0.5) is 15.3 Å². The Kier molecular flexibility index (Phi) is 42.5. The van der Waals surface area contributed by atoms with E-state index in [1.54, 1.807) is 38.1 Å². The summed E-state index contributed by atoms with van der Waals surface area (Å²) in [6.45, 7) is 0.508. The molecule has 3 rings (SSSR count). The number of Topliss-reactive ketones (excluding diaryl/α,β-unsaturated/α-hetero) is 5. The molecule has 45 nitrogen and oxygen atoms in total. The molecule has 2 aromatic carbocycles. The Morgan fingerprint density at radius 3 is 1.56 bits per heavy atom. The third kappa shape index (κ3) is 37.4. The van der Waals surface area contributed by atoms with Crippen molar-refractivity contribution < 1.29 is 197 Å². The minimum absolute atomic E-state index is 0.0152. The van der Waals surface area contributed by atoms with Crippen molar-refractivity contribution >= 4 is 64.6 Å². The minimum atomic E-state index is -1.92. The molecule has 536 valence electrons. The number of ketones is 5. The molecule has 2 atom stereocenters. The van der Waals surface area contributed by atoms with Crippen molar-refractivity contribution in [3.63, 3.8) is 0 Å². The molecule has 0 radical (unpaired) electrons. The van der Waals surface area contributed by atoms with Crippen molar-refractivity contribution in [3.05, 3.63) is 81.9 Å². The number of benzene rings is 2. The zero-order valence-electron chi connectivity index (χ0n) is 51.2. The topological polar surface area (TPSA) is 523 Å². The number of carbonyl (C=O) groups excluding carboxylic acids is 10. The normalized spacial score (nSPS) is 12.8. The number of carbonyl (C=O) groups is 10. The first-order valence-electron chi connectivity index (χ1n) is 27.7. The zero-order valence-corrected chi connectivity index (χ0v) is 51.2. The lowest BCUT2D eigenvalue weighted by Crippen LogP contribution is -2.40. The number of amides is 4. The van der Waals surface area contributed by atoms with E-state index in [2.05, 4.69) is 126 Å². The Morgan fingerprint density at radius 1 is 0.562 bits per heavy atom. The summed E-state index contributed by atoms with van der Waals surface area (Å²) in [6, 6.07) is 10.4. The summed E-state index contributed by atoms with van der Waals surface area (Å²) in [7, 11) is 2.08. The summed E-state index contributed by atoms with van der Waals surface area (Å²) in [6.07, 6.45) is -1.51. The van der Waals surface area contributed by atoms with Crippen LogP contribution >= 0.6 is 0 Å². The molecule has 1 aliphatic rings. The third-order valence-corrected chi connectivity index (χ3v) is 12.5. The number of nitrogens with two attached hydrogens (primary N) is 1. The molecule has 0 spiro atoms. The van der Waals surface area contributed by atoms with E-state index in [0.717, 1.165) is 43.4 Å². The number of urea groups is 1. The van der Waals surface area contributed by atoms with Crippen LogP contribution < -0.4 is 15.8 Å². The van der Waals surface area contributed by atoms with Crippen LogP contribution in [0.15, 0.2) is 60.7 Å². The molecule has 2 unspecified atom stereocenters. The van der Waals surface area contributed by atoms with E-state index in [-0.39, 0.29) is 108 Å². The standard InChI is InChI=1S/C51H66N4O41/c1-34(2)43(45(60)27-37(8-7-24-53-49(52)64)44(59)26-35-13-15-36(16-14-35)30-70-50(65)74-42-19-17-38(18-20-42)55(66)67)28-40(57)10-6-12-48(63)71-31-51(32-72-77-81-85-89-93-95-91-87-83-79-75-68-3,33-73-78-82-86-90-94-96-92-88-84-80-76-69-4)29-41(58)11-5-9-39(56)23-25-54-46(61)21-22-47(54)62/h13-22,34,37,43H,5-12,23-33H2,1-4H3,(H3,52,53,64). The Morgan fingerprint density at radius 2 is 1.05 bits per heavy atom. The molecule has 1 heterocycles. The van der Waals surface area contributed by atoms with Gasteiger partial charge in [0.2, 0.25) is 0 Å². The second kappa shape index (κ2) is 49.5. The molecule has 45 heteroatoms. The smallest absolute Gasteiger partial charge is 0.465 e. The van der Waals surface area contributed by atoms with Crippen molar-refractivity contribution in [1.82, 2.24) is 10.2 Å². The second-order valence-corrected chi connectivity index (χ2v) is 19.6. The van der Waals surface area contributed by atoms with Gasteiger partial charge in [0, 0.05) is 107 Å². The van der Waals surface area contributed by atoms with Gasteiger partial charge in [0.1, 0.15) is 47.9 Å². The zero-order chi connectivity index (χ0) is 70.2. The monoisotopic (exact) mass is 1390 g/mol. The van der Waals surface area contributed by atoms with Gasteiger partial charge in [0.05, 0.1) is 37.8 Å². The van der Waals surface area contributed by atoms with E-state index in [1.807, 2.05) is 0 Å². The number of non-ortho nitro benzene ring substituents is 1. The average Bonchev–Trinajstić information content (AvgIpc) is 1.13. The van der Waals surface area contributed by atoms with E-state index in [4.69, 9.17) is 29.7 Å². The number of esters is 1. The van der Waals surface area contributed by atoms with Gasteiger partial charge in [-0.05, 0) is 166 Å². The fourth-order valence-corrected chi connectivity index (χ4v) is 8.02. The SMILES string of the molecule is COOOOOOOOOOOOOCC(COOOOOOOOOOOOOC)(COC(=O)CCCC(=O)CC(C(=O)CC(CCCNC(N)=O)C(=O)Cc1ccc(COC(=O)Oc2ccc([N+](=O)[O-])cc2)cc1)C(C)C)CC(=O)CCCC(=O)CCN1C(=O)C=CC1=O. The minimum Gasteiger partial charge on any atom is -0.465 e. The van der Waals surface area contributed by atoms with Gasteiger partial charge in [0.15, 0.2) is 0 Å². The third-order valence-electron chi connectivity index (χ3n) is 12.5. The van der Waals surface area contributed by atoms with Gasteiger partial charge in [-0.25, -0.2) is 29.1 Å². The largest absolute Gasteiger partial charge is 0.514 e. The lowest BCUT2D eigenvalue weighted by atomic mass is 9.80. The van der Waals surface area contributed by atoms with Crippen LogP contribution in [0, 0.1) is 33.3 Å². The highest BCUT2D eigenvalue weighted by molar-refractivity contribution is 6.13. The molecule has 4 amide bonds. The van der Waals surface area contributed by atoms with E-state index < -0.39 is 114 Å². The number of nitro groups is 1. The number of imide groups is 1. The number of nitro benzene ring substituents is 1. The summed E-state index contributed by atoms with van der Waals surface area (Å²) < 4.78 is 15.7. The fraction of sp³-hybridized carbons (Fsp3) is 0.529. The molecule has 0 bridgehead atoms. The predicted molar refractivity (Wildman–Crippen MR) is 283 cm³/mol. The molecule has 2 aromatic rings. The van der Waals surface area contributed by atoms with Crippen LogP contribution in [0.3, 0.4) is 0 Å². The Labute approximate surface area is 539 Å². The number of rotatable bonds is 60. The molecule has 1 aliphatic heterocycles. The Hall–Kier alpha value is -7.96. The molecular weight excluding hydrogens is 1320 g/mol. The summed E-state index contributed by atoms with van der Waals surface area (Å²) in [5.41, 5.74) is 4.16. The molecule has 0 fully saturated rings. The second-order valence-electron chi connectivity index (χ2n) is 19.6. The number of nitrogens with one attached hydrogen (secondary N) is 1. The molecule has 0 aromatic heterocycles. The van der Waals surface area contributed by atoms with Crippen LogP contribution in [-0.2, 0) is 191 Å². The van der Waals surface area contributed by atoms with Crippen LogP contribution in [-0.4, -0.2) is 116 Å². The van der Waals surface area contributed by atoms with Crippen LogP contribution in [0.25, 0.3) is 0 Å². The van der Waals surface area contributed by atoms with Crippen molar-refractivity contribution in [3.8, 4) is 5.75 Å². The van der Waals surface area contributed by atoms with E-state index in [9.17, 15) is 58.1 Å². The van der Waals surface area contributed by atoms with Gasteiger partial charge >= 0.3 is 18.2 Å². The number of ether oxygens (including phenoxy) is 3. The quantitative estimate of drug-likeness (QED) is 0.0179. The summed E-state index contributed by atoms with van der Waals surface area (Å²) in [5.74, 6) is -6.50. The first-order chi connectivity index (χ1) is 46.2. The van der Waals surface area contributed by atoms with Crippen molar-refractivity contribution in [1.29, 1.82) is 0 Å². The maximum absolute atomic E-state index is 14.0. The molecule has 0 saturated carbocycles. The molecule has 3 N–H and O–H groups in total. The first-order valence-corrected chi connectivity index (χ1v) is 27.7. The molecular formula is C51H66N4O41. The molecule has 96 heavy (non-hydrogen) atoms. The van der Waals surface area contributed by atoms with E-state index in [0.29, 0.717) is 11.1 Å². The van der Waals surface area contributed by atoms with Gasteiger partial charge in [0.25, 0.3) is 17.5 Å². The fourth-order valence-electron chi connectivity index (χ4n) is 8.02. The Bertz CT molecular complexity index is 2670. The summed E-state index contributed by atoms with van der Waals surface area (Å²) in [5, 5.41) is 98.6. The van der Waals surface area contributed by atoms with Crippen molar-refractivity contribution in [2.75, 3.05) is 47.1 Å². The Balaban J connectivity index is 1.66. The van der Waals surface area contributed by atoms with Crippen molar-refractivity contribution in [2.24, 2.45) is 28.9 Å². The van der Waals surface area contributed by atoms with Gasteiger partial charge in [-0.1, -0.05) is 38.1 Å². The van der Waals surface area contributed by atoms with Gasteiger partial charge < -0.3 is 25.3 Å². The first kappa shape index (κ1) is 82.3. The molecule has 0 saturated heterocycles. The van der Waals surface area contributed by atoms with Gasteiger partial charge in [-0.15, -0.1) is 0 Å². The predicted octanol–water partition coefficient (Wildman–Crippen LogP) is 4.04. The van der Waals surface area contributed by atoms with Gasteiger partial charge in [-0.2, -0.15) is 0 Å².